The molecule has 0 spiro atoms. The molecule has 2 N–H and O–H groups in total. The van der Waals surface area contributed by atoms with Gasteiger partial charge in [0, 0.05) is 18.1 Å². The fourth-order valence-corrected chi connectivity index (χ4v) is 3.71. The second-order valence-electron chi connectivity index (χ2n) is 6.55. The van der Waals surface area contributed by atoms with Gasteiger partial charge in [-0.25, -0.2) is 4.98 Å². The summed E-state index contributed by atoms with van der Waals surface area (Å²) in [5.41, 5.74) is 8.41. The van der Waals surface area contributed by atoms with E-state index in [4.69, 9.17) is 0 Å². The molecule has 6 nitrogen and oxygen atoms in total. The van der Waals surface area contributed by atoms with E-state index in [0.29, 0.717) is 10.0 Å². The van der Waals surface area contributed by atoms with Gasteiger partial charge in [-0.15, -0.1) is 0 Å². The number of rotatable bonds is 4. The first-order valence-corrected chi connectivity index (χ1v) is 9.28. The highest BCUT2D eigenvalue weighted by Crippen LogP contribution is 2.26. The fraction of sp³-hybridized carbons (Fsp3) is 0.316. The Balaban J connectivity index is 1.73. The molecule has 2 heterocycles. The highest BCUT2D eigenvalue weighted by Gasteiger charge is 2.18. The van der Waals surface area contributed by atoms with Crippen LogP contribution in [0.4, 0.5) is 10.8 Å². The SMILES string of the molecule is CC1=CN=CC(C)N1Nc1ncc(C(=O)Nc2c(C)cc(C)cc2C)s1. The molecule has 3 rings (SSSR count). The molecule has 1 unspecified atom stereocenters. The molecule has 1 aliphatic heterocycles. The number of carbonyl (C=O) groups is 1. The van der Waals surface area contributed by atoms with E-state index >= 15 is 0 Å². The van der Waals surface area contributed by atoms with Crippen LogP contribution in [0.1, 0.15) is 40.2 Å². The van der Waals surface area contributed by atoms with Crippen molar-refractivity contribution in [3.8, 4) is 0 Å². The monoisotopic (exact) mass is 369 g/mol. The summed E-state index contributed by atoms with van der Waals surface area (Å²) < 4.78 is 0. The summed E-state index contributed by atoms with van der Waals surface area (Å²) in [5, 5.41) is 5.66. The topological polar surface area (TPSA) is 69.6 Å². The van der Waals surface area contributed by atoms with Crippen LogP contribution in [0.25, 0.3) is 0 Å². The number of aromatic nitrogens is 1. The van der Waals surface area contributed by atoms with Crippen molar-refractivity contribution in [1.29, 1.82) is 0 Å². The van der Waals surface area contributed by atoms with Crippen LogP contribution >= 0.6 is 11.3 Å². The zero-order valence-electron chi connectivity index (χ0n) is 15.6. The van der Waals surface area contributed by atoms with Crippen LogP contribution in [0.15, 0.2) is 35.2 Å². The number of nitrogens with one attached hydrogen (secondary N) is 2. The molecule has 0 saturated heterocycles. The second-order valence-corrected chi connectivity index (χ2v) is 7.58. The molecule has 26 heavy (non-hydrogen) atoms. The van der Waals surface area contributed by atoms with Gasteiger partial charge in [-0.2, -0.15) is 0 Å². The molecular weight excluding hydrogens is 346 g/mol. The van der Waals surface area contributed by atoms with Crippen molar-refractivity contribution < 1.29 is 4.79 Å². The number of nitrogens with zero attached hydrogens (tertiary/aromatic N) is 3. The van der Waals surface area contributed by atoms with Gasteiger partial charge in [-0.1, -0.05) is 29.0 Å². The summed E-state index contributed by atoms with van der Waals surface area (Å²) in [6, 6.07) is 4.24. The fourth-order valence-electron chi connectivity index (χ4n) is 3.00. The Kier molecular flexibility index (Phi) is 5.08. The third-order valence-electron chi connectivity index (χ3n) is 4.21. The quantitative estimate of drug-likeness (QED) is 0.844. The van der Waals surface area contributed by atoms with E-state index in [1.54, 1.807) is 12.4 Å². The minimum atomic E-state index is -0.147. The maximum Gasteiger partial charge on any atom is 0.267 e. The zero-order valence-corrected chi connectivity index (χ0v) is 16.4. The van der Waals surface area contributed by atoms with E-state index in [-0.39, 0.29) is 11.9 Å². The van der Waals surface area contributed by atoms with E-state index in [9.17, 15) is 4.79 Å². The lowest BCUT2D eigenvalue weighted by Crippen LogP contribution is -2.38. The largest absolute Gasteiger partial charge is 0.321 e. The molecule has 1 aromatic carbocycles. The van der Waals surface area contributed by atoms with Crippen LogP contribution in [-0.4, -0.2) is 28.2 Å². The van der Waals surface area contributed by atoms with Crippen molar-refractivity contribution in [3.05, 3.63) is 51.8 Å². The van der Waals surface area contributed by atoms with E-state index in [1.165, 1.54) is 16.9 Å². The number of benzene rings is 1. The normalized spacial score (nSPS) is 16.4. The third kappa shape index (κ3) is 3.77. The Labute approximate surface area is 157 Å². The van der Waals surface area contributed by atoms with Crippen molar-refractivity contribution >= 4 is 34.3 Å². The van der Waals surface area contributed by atoms with Gasteiger partial charge in [-0.3, -0.25) is 20.2 Å². The van der Waals surface area contributed by atoms with Crippen molar-refractivity contribution in [2.45, 2.75) is 40.7 Å². The molecule has 1 atom stereocenters. The predicted molar refractivity (Wildman–Crippen MR) is 108 cm³/mol. The molecule has 7 heteroatoms. The number of amides is 1. The molecule has 0 saturated carbocycles. The van der Waals surface area contributed by atoms with Gasteiger partial charge in [-0.05, 0) is 45.7 Å². The van der Waals surface area contributed by atoms with Crippen LogP contribution in [0.2, 0.25) is 0 Å². The standard InChI is InChI=1S/C19H23N5OS/c1-11-6-12(2)17(13(3)7-11)22-18(25)16-10-21-19(26-16)23-24-14(4)8-20-9-15(24)5/h6-10,14H,1-5H3,(H,21,23)(H,22,25). The van der Waals surface area contributed by atoms with Gasteiger partial charge in [0.25, 0.3) is 5.91 Å². The van der Waals surface area contributed by atoms with Gasteiger partial charge >= 0.3 is 0 Å². The smallest absolute Gasteiger partial charge is 0.267 e. The minimum Gasteiger partial charge on any atom is -0.321 e. The van der Waals surface area contributed by atoms with E-state index in [2.05, 4.69) is 39.8 Å². The highest BCUT2D eigenvalue weighted by molar-refractivity contribution is 7.17. The lowest BCUT2D eigenvalue weighted by molar-refractivity contribution is 0.103. The maximum atomic E-state index is 12.6. The lowest BCUT2D eigenvalue weighted by atomic mass is 10.1. The molecule has 136 valence electrons. The Morgan fingerprint density at radius 3 is 2.54 bits per heavy atom. The Morgan fingerprint density at radius 2 is 1.88 bits per heavy atom. The number of aryl methyl sites for hydroxylation is 3. The first-order chi connectivity index (χ1) is 12.3. The number of carbonyl (C=O) groups excluding carboxylic acids is 1. The maximum absolute atomic E-state index is 12.6. The average molecular weight is 369 g/mol. The Morgan fingerprint density at radius 1 is 1.19 bits per heavy atom. The number of thiazole rings is 1. The molecule has 0 aliphatic carbocycles. The van der Waals surface area contributed by atoms with E-state index in [1.807, 2.05) is 38.9 Å². The predicted octanol–water partition coefficient (Wildman–Crippen LogP) is 4.28. The van der Waals surface area contributed by atoms with Crippen molar-refractivity contribution in [2.75, 3.05) is 10.7 Å². The molecule has 0 fully saturated rings. The highest BCUT2D eigenvalue weighted by atomic mass is 32.1. The molecular formula is C19H23N5OS. The molecule has 1 aliphatic rings. The summed E-state index contributed by atoms with van der Waals surface area (Å²) >= 11 is 1.33. The summed E-state index contributed by atoms with van der Waals surface area (Å²) in [4.78, 5) is 21.7. The van der Waals surface area contributed by atoms with E-state index in [0.717, 1.165) is 22.5 Å². The van der Waals surface area contributed by atoms with Gasteiger partial charge in [0.2, 0.25) is 5.13 Å². The van der Waals surface area contributed by atoms with Gasteiger partial charge in [0.1, 0.15) is 4.88 Å². The van der Waals surface area contributed by atoms with Gasteiger partial charge in [0.15, 0.2) is 0 Å². The summed E-state index contributed by atoms with van der Waals surface area (Å²) in [6.45, 7) is 10.1. The summed E-state index contributed by atoms with van der Waals surface area (Å²) in [7, 11) is 0. The molecule has 0 bridgehead atoms. The van der Waals surface area contributed by atoms with E-state index < -0.39 is 0 Å². The van der Waals surface area contributed by atoms with Gasteiger partial charge in [0.05, 0.1) is 17.9 Å². The number of hydrazine groups is 1. The van der Waals surface area contributed by atoms with Crippen LogP contribution in [0.3, 0.4) is 0 Å². The molecule has 2 aromatic rings. The first-order valence-electron chi connectivity index (χ1n) is 8.46. The van der Waals surface area contributed by atoms with Gasteiger partial charge < -0.3 is 5.32 Å². The Bertz CT molecular complexity index is 876. The molecule has 1 amide bonds. The van der Waals surface area contributed by atoms with Crippen molar-refractivity contribution in [3.63, 3.8) is 0 Å². The van der Waals surface area contributed by atoms with Crippen molar-refractivity contribution in [1.82, 2.24) is 9.99 Å². The first kappa shape index (κ1) is 18.1. The third-order valence-corrected chi connectivity index (χ3v) is 5.11. The minimum absolute atomic E-state index is 0.110. The number of anilines is 2. The average Bonchev–Trinajstić information content (AvgIpc) is 3.03. The van der Waals surface area contributed by atoms with Crippen LogP contribution in [0, 0.1) is 20.8 Å². The Hall–Kier alpha value is -2.67. The zero-order chi connectivity index (χ0) is 18.8. The lowest BCUT2D eigenvalue weighted by Gasteiger charge is -2.31. The van der Waals surface area contributed by atoms with Crippen LogP contribution < -0.4 is 10.7 Å². The van der Waals surface area contributed by atoms with Crippen LogP contribution in [-0.2, 0) is 0 Å². The number of hydrogen-bond donors (Lipinski definition) is 2. The summed E-state index contributed by atoms with van der Waals surface area (Å²) in [6.07, 6.45) is 5.24. The second kappa shape index (κ2) is 7.29. The van der Waals surface area contributed by atoms with Crippen molar-refractivity contribution in [2.24, 2.45) is 4.99 Å². The number of hydrogen-bond acceptors (Lipinski definition) is 6. The molecule has 0 radical (unpaired) electrons. The molecule has 1 aromatic heterocycles. The number of allylic oxidation sites excluding steroid dienone is 1. The number of aliphatic imine (C=N–C) groups is 1. The summed E-state index contributed by atoms with van der Waals surface area (Å²) in [5.74, 6) is -0.147. The van der Waals surface area contributed by atoms with Crippen LogP contribution in [0.5, 0.6) is 0 Å².